The molecule has 3 aromatic rings. The summed E-state index contributed by atoms with van der Waals surface area (Å²) in [4.78, 5) is 24.8. The van der Waals surface area contributed by atoms with E-state index >= 15 is 0 Å². The number of Topliss-reactive ketones (excluding diaryl/α,β-unsaturated/α-hetero) is 1. The van der Waals surface area contributed by atoms with Crippen molar-refractivity contribution in [3.05, 3.63) is 59.2 Å². The average Bonchev–Trinajstić information content (AvgIpc) is 3.05. The van der Waals surface area contributed by atoms with Crippen molar-refractivity contribution in [1.82, 2.24) is 9.61 Å². The first-order valence-corrected chi connectivity index (χ1v) is 8.84. The fourth-order valence-electron chi connectivity index (χ4n) is 3.13. The van der Waals surface area contributed by atoms with Crippen LogP contribution in [0, 0.1) is 5.82 Å². The standard InChI is InChI=1S/C21H21FN2O3/c1-5-27-21(26)19-18(14-6-8-15(22)9-7-14)17-11-10-16(13(4)25)24(17)23-20(19)12(2)3/h6-12H,5H2,1-4H3. The van der Waals surface area contributed by atoms with E-state index in [9.17, 15) is 14.0 Å². The van der Waals surface area contributed by atoms with Gasteiger partial charge in [-0.15, -0.1) is 0 Å². The number of ether oxygens (including phenoxy) is 1. The minimum absolute atomic E-state index is 0.0878. The van der Waals surface area contributed by atoms with Gasteiger partial charge in [0, 0.05) is 12.5 Å². The Morgan fingerprint density at radius 3 is 2.37 bits per heavy atom. The molecule has 0 fully saturated rings. The Morgan fingerprint density at radius 1 is 1.15 bits per heavy atom. The molecule has 0 bridgehead atoms. The van der Waals surface area contributed by atoms with Crippen LogP contribution in [0.3, 0.4) is 0 Å². The summed E-state index contributed by atoms with van der Waals surface area (Å²) in [7, 11) is 0. The van der Waals surface area contributed by atoms with Gasteiger partial charge in [0.05, 0.1) is 23.4 Å². The zero-order valence-corrected chi connectivity index (χ0v) is 15.7. The molecule has 2 aromatic heterocycles. The number of nitrogens with zero attached hydrogens (tertiary/aromatic N) is 2. The first kappa shape index (κ1) is 18.8. The summed E-state index contributed by atoms with van der Waals surface area (Å²) in [5.41, 5.74) is 3.13. The number of aromatic nitrogens is 2. The maximum atomic E-state index is 13.5. The van der Waals surface area contributed by atoms with Gasteiger partial charge in [0.25, 0.3) is 0 Å². The van der Waals surface area contributed by atoms with Crippen molar-refractivity contribution in [2.45, 2.75) is 33.6 Å². The highest BCUT2D eigenvalue weighted by molar-refractivity contribution is 6.04. The molecule has 5 nitrogen and oxygen atoms in total. The number of fused-ring (bicyclic) bond motifs is 1. The first-order valence-electron chi connectivity index (χ1n) is 8.84. The lowest BCUT2D eigenvalue weighted by Crippen LogP contribution is -2.16. The van der Waals surface area contributed by atoms with Crippen LogP contribution in [0.2, 0.25) is 0 Å². The van der Waals surface area contributed by atoms with Gasteiger partial charge in [-0.25, -0.2) is 13.7 Å². The fraction of sp³-hybridized carbons (Fsp3) is 0.286. The quantitative estimate of drug-likeness (QED) is 0.486. The molecule has 0 aliphatic heterocycles. The number of hydrogen-bond donors (Lipinski definition) is 0. The zero-order chi connectivity index (χ0) is 19.7. The fourth-order valence-corrected chi connectivity index (χ4v) is 3.13. The van der Waals surface area contributed by atoms with Gasteiger partial charge < -0.3 is 4.74 Å². The lowest BCUT2D eigenvalue weighted by Gasteiger charge is -2.18. The highest BCUT2D eigenvalue weighted by Crippen LogP contribution is 2.34. The second-order valence-corrected chi connectivity index (χ2v) is 6.59. The van der Waals surface area contributed by atoms with Crippen molar-refractivity contribution in [1.29, 1.82) is 0 Å². The van der Waals surface area contributed by atoms with E-state index in [0.29, 0.717) is 33.6 Å². The normalized spacial score (nSPS) is 11.2. The Labute approximate surface area is 156 Å². The van der Waals surface area contributed by atoms with Crippen molar-refractivity contribution < 1.29 is 18.7 Å². The van der Waals surface area contributed by atoms with Crippen LogP contribution in [0.5, 0.6) is 0 Å². The largest absolute Gasteiger partial charge is 0.462 e. The molecule has 3 rings (SSSR count). The van der Waals surface area contributed by atoms with Crippen molar-refractivity contribution in [3.63, 3.8) is 0 Å². The smallest absolute Gasteiger partial charge is 0.340 e. The van der Waals surface area contributed by atoms with Crippen molar-refractivity contribution in [2.75, 3.05) is 6.61 Å². The molecule has 0 saturated carbocycles. The van der Waals surface area contributed by atoms with E-state index < -0.39 is 5.97 Å². The molecule has 140 valence electrons. The maximum Gasteiger partial charge on any atom is 0.340 e. The molecular formula is C21H21FN2O3. The van der Waals surface area contributed by atoms with E-state index in [1.807, 2.05) is 13.8 Å². The number of benzene rings is 1. The predicted molar refractivity (Wildman–Crippen MR) is 101 cm³/mol. The molecule has 0 N–H and O–H groups in total. The number of carbonyl (C=O) groups excluding carboxylic acids is 2. The molecule has 1 aromatic carbocycles. The SMILES string of the molecule is CCOC(=O)c1c(C(C)C)nn2c(C(C)=O)ccc2c1-c1ccc(F)cc1. The monoisotopic (exact) mass is 368 g/mol. The van der Waals surface area contributed by atoms with Crippen LogP contribution in [-0.2, 0) is 4.74 Å². The number of halogens is 1. The third kappa shape index (κ3) is 3.35. The number of rotatable bonds is 5. The molecular weight excluding hydrogens is 347 g/mol. The minimum Gasteiger partial charge on any atom is -0.462 e. The topological polar surface area (TPSA) is 60.7 Å². The highest BCUT2D eigenvalue weighted by Gasteiger charge is 2.26. The highest BCUT2D eigenvalue weighted by atomic mass is 19.1. The van der Waals surface area contributed by atoms with Crippen LogP contribution in [0.15, 0.2) is 36.4 Å². The van der Waals surface area contributed by atoms with Crippen LogP contribution in [0.4, 0.5) is 4.39 Å². The van der Waals surface area contributed by atoms with Gasteiger partial charge in [-0.1, -0.05) is 26.0 Å². The third-order valence-corrected chi connectivity index (χ3v) is 4.35. The molecule has 0 aliphatic rings. The van der Waals surface area contributed by atoms with Gasteiger partial charge >= 0.3 is 5.97 Å². The van der Waals surface area contributed by atoms with E-state index in [2.05, 4.69) is 5.10 Å². The summed E-state index contributed by atoms with van der Waals surface area (Å²) in [5, 5.41) is 4.58. The zero-order valence-electron chi connectivity index (χ0n) is 15.7. The number of ketones is 1. The van der Waals surface area contributed by atoms with Gasteiger partial charge in [-0.2, -0.15) is 5.10 Å². The van der Waals surface area contributed by atoms with Gasteiger partial charge in [-0.3, -0.25) is 4.79 Å². The summed E-state index contributed by atoms with van der Waals surface area (Å²) in [6.07, 6.45) is 0. The Hall–Kier alpha value is -3.02. The third-order valence-electron chi connectivity index (χ3n) is 4.35. The molecule has 2 heterocycles. The van der Waals surface area contributed by atoms with Gasteiger partial charge in [0.15, 0.2) is 5.78 Å². The van der Waals surface area contributed by atoms with Crippen LogP contribution >= 0.6 is 0 Å². The van der Waals surface area contributed by atoms with Crippen LogP contribution in [-0.4, -0.2) is 28.0 Å². The van der Waals surface area contributed by atoms with Crippen molar-refractivity contribution in [3.8, 4) is 11.1 Å². The summed E-state index contributed by atoms with van der Waals surface area (Å²) < 4.78 is 20.3. The molecule has 0 atom stereocenters. The van der Waals surface area contributed by atoms with Crippen LogP contribution < -0.4 is 0 Å². The Bertz CT molecular complexity index is 1020. The van der Waals surface area contributed by atoms with Gasteiger partial charge in [0.2, 0.25) is 0 Å². The average molecular weight is 368 g/mol. The molecule has 0 unspecified atom stereocenters. The molecule has 0 saturated heterocycles. The van der Waals surface area contributed by atoms with E-state index in [1.165, 1.54) is 19.1 Å². The van der Waals surface area contributed by atoms with E-state index in [4.69, 9.17) is 4.74 Å². The minimum atomic E-state index is -0.485. The number of esters is 1. The molecule has 27 heavy (non-hydrogen) atoms. The summed E-state index contributed by atoms with van der Waals surface area (Å²) >= 11 is 0. The van der Waals surface area contributed by atoms with E-state index in [0.717, 1.165) is 0 Å². The van der Waals surface area contributed by atoms with E-state index in [1.54, 1.807) is 35.7 Å². The summed E-state index contributed by atoms with van der Waals surface area (Å²) in [5.74, 6) is -1.08. The Balaban J connectivity index is 2.46. The van der Waals surface area contributed by atoms with Crippen molar-refractivity contribution in [2.24, 2.45) is 0 Å². The molecule has 6 heteroatoms. The number of carbonyl (C=O) groups is 2. The molecule has 0 radical (unpaired) electrons. The van der Waals surface area contributed by atoms with Crippen molar-refractivity contribution >= 4 is 17.3 Å². The van der Waals surface area contributed by atoms with E-state index in [-0.39, 0.29) is 24.1 Å². The predicted octanol–water partition coefficient (Wildman–Crippen LogP) is 4.64. The maximum absolute atomic E-state index is 13.5. The second-order valence-electron chi connectivity index (χ2n) is 6.59. The summed E-state index contributed by atoms with van der Waals surface area (Å²) in [6, 6.07) is 9.32. The molecule has 0 spiro atoms. The first-order chi connectivity index (χ1) is 12.8. The van der Waals surface area contributed by atoms with Crippen LogP contribution in [0.25, 0.3) is 16.6 Å². The molecule has 0 aliphatic carbocycles. The van der Waals surface area contributed by atoms with Gasteiger partial charge in [-0.05, 0) is 42.7 Å². The lowest BCUT2D eigenvalue weighted by atomic mass is 9.94. The Kier molecular flexibility index (Phi) is 5.08. The van der Waals surface area contributed by atoms with Crippen LogP contribution in [0.1, 0.15) is 60.2 Å². The Morgan fingerprint density at radius 2 is 1.81 bits per heavy atom. The number of hydrogen-bond acceptors (Lipinski definition) is 4. The van der Waals surface area contributed by atoms with Gasteiger partial charge in [0.1, 0.15) is 11.5 Å². The second kappa shape index (κ2) is 7.31. The lowest BCUT2D eigenvalue weighted by molar-refractivity contribution is 0.0524. The molecule has 0 amide bonds. The summed E-state index contributed by atoms with van der Waals surface area (Å²) in [6.45, 7) is 7.27.